The molecule has 0 unspecified atom stereocenters. The number of hydrogen-bond donors (Lipinski definition) is 2. The van der Waals surface area contributed by atoms with Crippen LogP contribution < -0.4 is 11.3 Å². The van der Waals surface area contributed by atoms with Crippen LogP contribution in [0.5, 0.6) is 0 Å². The molecule has 2 aromatic carbocycles. The summed E-state index contributed by atoms with van der Waals surface area (Å²) < 4.78 is 27.1. The lowest BCUT2D eigenvalue weighted by atomic mass is 9.99. The summed E-state index contributed by atoms with van der Waals surface area (Å²) in [7, 11) is -3.62. The molecule has 0 aliphatic carbocycles. The maximum atomic E-state index is 12.9. The summed E-state index contributed by atoms with van der Waals surface area (Å²) in [4.78, 5) is 11.9. The van der Waals surface area contributed by atoms with Crippen LogP contribution in [-0.4, -0.2) is 31.7 Å². The van der Waals surface area contributed by atoms with Gasteiger partial charge in [0.2, 0.25) is 15.9 Å². The lowest BCUT2D eigenvalue weighted by Crippen LogP contribution is -2.46. The molecule has 6 nitrogen and oxygen atoms in total. The van der Waals surface area contributed by atoms with Gasteiger partial charge < -0.3 is 0 Å². The molecule has 1 saturated heterocycles. The molecule has 0 saturated carbocycles. The summed E-state index contributed by atoms with van der Waals surface area (Å²) >= 11 is 0. The predicted octanol–water partition coefficient (Wildman–Crippen LogP) is 1.23. The van der Waals surface area contributed by atoms with Gasteiger partial charge in [-0.05, 0) is 35.7 Å². The first-order valence-corrected chi connectivity index (χ1v) is 8.96. The van der Waals surface area contributed by atoms with Gasteiger partial charge in [-0.2, -0.15) is 4.31 Å². The molecule has 7 heteroatoms. The average molecular weight is 333 g/mol. The quantitative estimate of drug-likeness (QED) is 0.502. The number of fused-ring (bicyclic) bond motifs is 1. The zero-order valence-corrected chi connectivity index (χ0v) is 13.4. The van der Waals surface area contributed by atoms with Crippen molar-refractivity contribution in [1.29, 1.82) is 0 Å². The van der Waals surface area contributed by atoms with Crippen LogP contribution in [0.2, 0.25) is 0 Å². The molecule has 2 aromatic rings. The van der Waals surface area contributed by atoms with Gasteiger partial charge in [-0.1, -0.05) is 30.3 Å². The fourth-order valence-corrected chi connectivity index (χ4v) is 4.53. The van der Waals surface area contributed by atoms with Crippen LogP contribution in [0, 0.1) is 5.92 Å². The summed E-state index contributed by atoms with van der Waals surface area (Å²) in [6, 6.07) is 12.7. The van der Waals surface area contributed by atoms with E-state index in [9.17, 15) is 13.2 Å². The number of rotatable bonds is 3. The van der Waals surface area contributed by atoms with E-state index >= 15 is 0 Å². The Morgan fingerprint density at radius 2 is 1.91 bits per heavy atom. The second kappa shape index (κ2) is 6.27. The number of sulfonamides is 1. The van der Waals surface area contributed by atoms with Crippen LogP contribution in [-0.2, 0) is 14.8 Å². The smallest absolute Gasteiger partial charge is 0.243 e. The predicted molar refractivity (Wildman–Crippen MR) is 87.8 cm³/mol. The number of amides is 1. The van der Waals surface area contributed by atoms with E-state index in [0.717, 1.165) is 10.8 Å². The van der Waals surface area contributed by atoms with E-state index in [1.54, 1.807) is 18.2 Å². The lowest BCUT2D eigenvalue weighted by Gasteiger charge is -2.30. The molecule has 1 heterocycles. The fraction of sp³-hybridized carbons (Fsp3) is 0.312. The van der Waals surface area contributed by atoms with Crippen molar-refractivity contribution in [3.63, 3.8) is 0 Å². The average Bonchev–Trinajstić information content (AvgIpc) is 2.60. The molecule has 23 heavy (non-hydrogen) atoms. The van der Waals surface area contributed by atoms with E-state index in [1.165, 1.54) is 4.31 Å². The number of nitrogens with two attached hydrogens (primary N) is 1. The van der Waals surface area contributed by atoms with Gasteiger partial charge in [0.25, 0.3) is 0 Å². The number of carbonyl (C=O) groups excluding carboxylic acids is 1. The summed E-state index contributed by atoms with van der Waals surface area (Å²) in [6.07, 6.45) is 1.29. The van der Waals surface area contributed by atoms with Gasteiger partial charge in [0, 0.05) is 13.1 Å². The molecule has 0 radical (unpaired) electrons. The summed E-state index contributed by atoms with van der Waals surface area (Å²) in [5.74, 6) is 4.45. The van der Waals surface area contributed by atoms with Gasteiger partial charge in [-0.25, -0.2) is 14.3 Å². The number of piperidine rings is 1. The summed E-state index contributed by atoms with van der Waals surface area (Å²) in [5, 5.41) is 1.87. The Labute approximate surface area is 135 Å². The summed E-state index contributed by atoms with van der Waals surface area (Å²) in [5.41, 5.74) is 2.11. The highest BCUT2D eigenvalue weighted by molar-refractivity contribution is 7.89. The zero-order valence-electron chi connectivity index (χ0n) is 12.6. The van der Waals surface area contributed by atoms with Crippen LogP contribution in [0.15, 0.2) is 47.4 Å². The normalized spacial score (nSPS) is 19.6. The van der Waals surface area contributed by atoms with E-state index in [2.05, 4.69) is 5.43 Å². The topological polar surface area (TPSA) is 92.5 Å². The minimum Gasteiger partial charge on any atom is -0.294 e. The van der Waals surface area contributed by atoms with Crippen LogP contribution >= 0.6 is 0 Å². The second-order valence-corrected chi connectivity index (χ2v) is 7.66. The molecule has 1 fully saturated rings. The minimum absolute atomic E-state index is 0.165. The van der Waals surface area contributed by atoms with E-state index in [-0.39, 0.29) is 17.3 Å². The Hall–Kier alpha value is -1.96. The van der Waals surface area contributed by atoms with E-state index in [0.29, 0.717) is 19.4 Å². The highest BCUT2D eigenvalue weighted by Crippen LogP contribution is 2.26. The molecule has 3 rings (SSSR count). The van der Waals surface area contributed by atoms with Gasteiger partial charge in [0.15, 0.2) is 0 Å². The van der Waals surface area contributed by atoms with Crippen LogP contribution in [0.25, 0.3) is 10.8 Å². The standard InChI is InChI=1S/C16H19N3O3S/c17-18-16(20)14-6-3-9-19(11-14)23(21,22)15-8-7-12-4-1-2-5-13(12)10-15/h1-2,4-5,7-8,10,14H,3,6,9,11,17H2,(H,18,20)/t14-/m0/s1. The first-order chi connectivity index (χ1) is 11.0. The number of nitrogens with one attached hydrogen (secondary N) is 1. The zero-order chi connectivity index (χ0) is 16.4. The monoisotopic (exact) mass is 333 g/mol. The molecular formula is C16H19N3O3S. The van der Waals surface area contributed by atoms with Gasteiger partial charge >= 0.3 is 0 Å². The largest absolute Gasteiger partial charge is 0.294 e. The Bertz CT molecular complexity index is 835. The van der Waals surface area contributed by atoms with E-state index in [1.807, 2.05) is 24.3 Å². The molecule has 3 N–H and O–H groups in total. The SMILES string of the molecule is NNC(=O)[C@H]1CCCN(S(=O)(=O)c2ccc3ccccc3c2)C1. The molecule has 122 valence electrons. The van der Waals surface area contributed by atoms with Gasteiger partial charge in [0.1, 0.15) is 0 Å². The van der Waals surface area contributed by atoms with Crippen molar-refractivity contribution >= 4 is 26.7 Å². The molecule has 0 aromatic heterocycles. The van der Waals surface area contributed by atoms with Crippen molar-refractivity contribution < 1.29 is 13.2 Å². The Morgan fingerprint density at radius 1 is 1.17 bits per heavy atom. The van der Waals surface area contributed by atoms with Crippen molar-refractivity contribution in [1.82, 2.24) is 9.73 Å². The molecule has 0 spiro atoms. The molecule has 1 atom stereocenters. The minimum atomic E-state index is -3.62. The molecular weight excluding hydrogens is 314 g/mol. The first-order valence-electron chi connectivity index (χ1n) is 7.52. The lowest BCUT2D eigenvalue weighted by molar-refractivity contribution is -0.126. The number of benzene rings is 2. The number of carbonyl (C=O) groups is 1. The van der Waals surface area contributed by atoms with Crippen molar-refractivity contribution in [2.45, 2.75) is 17.7 Å². The van der Waals surface area contributed by atoms with Crippen LogP contribution in [0.4, 0.5) is 0 Å². The van der Waals surface area contributed by atoms with Gasteiger partial charge in [0.05, 0.1) is 10.8 Å². The molecule has 0 bridgehead atoms. The van der Waals surface area contributed by atoms with Crippen molar-refractivity contribution in [3.8, 4) is 0 Å². The second-order valence-electron chi connectivity index (χ2n) is 5.72. The highest BCUT2D eigenvalue weighted by atomic mass is 32.2. The maximum absolute atomic E-state index is 12.9. The molecule has 1 amide bonds. The first kappa shape index (κ1) is 15.9. The number of nitrogens with zero attached hydrogens (tertiary/aromatic N) is 1. The Balaban J connectivity index is 1.91. The molecule has 1 aliphatic heterocycles. The number of hydrazine groups is 1. The third-order valence-corrected chi connectivity index (χ3v) is 6.12. The van der Waals surface area contributed by atoms with Crippen LogP contribution in [0.3, 0.4) is 0 Å². The molecule has 1 aliphatic rings. The third kappa shape index (κ3) is 3.08. The number of hydrogen-bond acceptors (Lipinski definition) is 4. The Morgan fingerprint density at radius 3 is 2.65 bits per heavy atom. The van der Waals surface area contributed by atoms with Gasteiger partial charge in [-0.3, -0.25) is 10.2 Å². The van der Waals surface area contributed by atoms with Crippen molar-refractivity contribution in [2.24, 2.45) is 11.8 Å². The van der Waals surface area contributed by atoms with E-state index in [4.69, 9.17) is 5.84 Å². The van der Waals surface area contributed by atoms with Crippen molar-refractivity contribution in [2.75, 3.05) is 13.1 Å². The Kier molecular flexibility index (Phi) is 4.34. The summed E-state index contributed by atoms with van der Waals surface area (Å²) in [6.45, 7) is 0.585. The fourth-order valence-electron chi connectivity index (χ4n) is 2.97. The maximum Gasteiger partial charge on any atom is 0.243 e. The van der Waals surface area contributed by atoms with E-state index < -0.39 is 15.9 Å². The van der Waals surface area contributed by atoms with Crippen molar-refractivity contribution in [3.05, 3.63) is 42.5 Å². The van der Waals surface area contributed by atoms with Gasteiger partial charge in [-0.15, -0.1) is 0 Å². The highest BCUT2D eigenvalue weighted by Gasteiger charge is 2.33. The van der Waals surface area contributed by atoms with Crippen LogP contribution in [0.1, 0.15) is 12.8 Å². The third-order valence-electron chi connectivity index (χ3n) is 4.26.